The maximum atomic E-state index is 13.1. The summed E-state index contributed by atoms with van der Waals surface area (Å²) in [4.78, 5) is 29.8. The predicted octanol–water partition coefficient (Wildman–Crippen LogP) is 5.49. The zero-order valence-electron chi connectivity index (χ0n) is 21.2. The molecule has 7 heteroatoms. The van der Waals surface area contributed by atoms with Crippen molar-refractivity contribution in [3.05, 3.63) is 69.8 Å². The fraction of sp³-hybridized carbons (Fsp3) is 0.393. The molecule has 1 atom stereocenters. The number of benzene rings is 2. The van der Waals surface area contributed by atoms with Gasteiger partial charge in [0.25, 0.3) is 0 Å². The number of nitrogens with zero attached hydrogens (tertiary/aromatic N) is 2. The lowest BCUT2D eigenvalue weighted by molar-refractivity contribution is -0.122. The second-order valence-corrected chi connectivity index (χ2v) is 9.62. The largest absolute Gasteiger partial charge is 0.496 e. The van der Waals surface area contributed by atoms with Crippen molar-refractivity contribution in [3.8, 4) is 5.75 Å². The number of fused-ring (bicyclic) bond motifs is 2. The number of aromatic nitrogens is 2. The third-order valence-electron chi connectivity index (χ3n) is 6.37. The average molecular weight is 476 g/mol. The molecule has 2 heterocycles. The molecule has 0 aliphatic carbocycles. The van der Waals surface area contributed by atoms with Crippen LogP contribution in [-0.4, -0.2) is 22.6 Å². The van der Waals surface area contributed by atoms with Crippen molar-refractivity contribution >= 4 is 27.9 Å². The van der Waals surface area contributed by atoms with Crippen LogP contribution in [0.1, 0.15) is 63.2 Å². The molecule has 0 aliphatic rings. The molecule has 184 valence electrons. The number of methoxy groups -OCH3 is 1. The van der Waals surface area contributed by atoms with E-state index in [9.17, 15) is 9.59 Å². The summed E-state index contributed by atoms with van der Waals surface area (Å²) in [7, 11) is 1.57. The Balaban J connectivity index is 1.58. The van der Waals surface area contributed by atoms with Crippen LogP contribution < -0.4 is 15.7 Å². The van der Waals surface area contributed by atoms with E-state index >= 15 is 0 Å². The van der Waals surface area contributed by atoms with Crippen LogP contribution in [0.4, 0.5) is 0 Å². The predicted molar refractivity (Wildman–Crippen MR) is 138 cm³/mol. The minimum atomic E-state index is -0.392. The molecule has 0 spiro atoms. The van der Waals surface area contributed by atoms with E-state index in [4.69, 9.17) is 14.1 Å². The van der Waals surface area contributed by atoms with Crippen LogP contribution in [0, 0.1) is 12.8 Å². The van der Waals surface area contributed by atoms with Crippen LogP contribution in [-0.2, 0) is 11.2 Å². The van der Waals surface area contributed by atoms with E-state index in [1.807, 2.05) is 31.2 Å². The second-order valence-electron chi connectivity index (χ2n) is 9.62. The quantitative estimate of drug-likeness (QED) is 0.341. The highest BCUT2D eigenvalue weighted by molar-refractivity contribution is 5.83. The van der Waals surface area contributed by atoms with E-state index in [0.29, 0.717) is 24.2 Å². The fourth-order valence-electron chi connectivity index (χ4n) is 4.62. The summed E-state index contributed by atoms with van der Waals surface area (Å²) in [5.74, 6) is 1.58. The first-order valence-electron chi connectivity index (χ1n) is 12.1. The number of para-hydroxylation sites is 2. The highest BCUT2D eigenvalue weighted by Gasteiger charge is 2.26. The Hall–Kier alpha value is -3.61. The smallest absolute Gasteiger partial charge is 0.336 e. The summed E-state index contributed by atoms with van der Waals surface area (Å²) >= 11 is 0. The molecule has 1 N–H and O–H groups in total. The van der Waals surface area contributed by atoms with Crippen LogP contribution in [0.5, 0.6) is 5.75 Å². The minimum absolute atomic E-state index is 0.0514. The van der Waals surface area contributed by atoms with Gasteiger partial charge in [0.2, 0.25) is 5.91 Å². The standard InChI is InChI=1S/C28H33N3O4/c1-16(2)27(28-29-21-9-7-8-10-22(21)31(28)17(3)4)30-25(32)12-11-19-14-20-18(5)13-26(33)35-24(20)15-23(19)34-6/h7-10,13-17,27H,11-12H2,1-6H3,(H,30,32). The molecule has 0 radical (unpaired) electrons. The number of amides is 1. The first-order valence-corrected chi connectivity index (χ1v) is 12.1. The van der Waals surface area contributed by atoms with E-state index in [1.54, 1.807) is 13.2 Å². The Morgan fingerprint density at radius 2 is 1.89 bits per heavy atom. The molecule has 0 saturated heterocycles. The van der Waals surface area contributed by atoms with Gasteiger partial charge in [-0.2, -0.15) is 0 Å². The molecule has 4 rings (SSSR count). The second kappa shape index (κ2) is 9.94. The molecule has 7 nitrogen and oxygen atoms in total. The molecule has 35 heavy (non-hydrogen) atoms. The van der Waals surface area contributed by atoms with E-state index in [2.05, 4.69) is 43.6 Å². The molecule has 0 bridgehead atoms. The van der Waals surface area contributed by atoms with Gasteiger partial charge in [0.1, 0.15) is 17.2 Å². The van der Waals surface area contributed by atoms with E-state index in [-0.39, 0.29) is 23.9 Å². The monoisotopic (exact) mass is 475 g/mol. The van der Waals surface area contributed by atoms with Gasteiger partial charge in [0.05, 0.1) is 24.2 Å². The molecule has 2 aromatic heterocycles. The van der Waals surface area contributed by atoms with Gasteiger partial charge in [-0.3, -0.25) is 4.79 Å². The van der Waals surface area contributed by atoms with E-state index in [0.717, 1.165) is 33.4 Å². The number of carbonyl (C=O) groups excluding carboxylic acids is 1. The normalized spacial score (nSPS) is 12.6. The van der Waals surface area contributed by atoms with Crippen LogP contribution >= 0.6 is 0 Å². The van der Waals surface area contributed by atoms with Gasteiger partial charge in [0, 0.05) is 30.0 Å². The lowest BCUT2D eigenvalue weighted by Gasteiger charge is -2.25. The van der Waals surface area contributed by atoms with Gasteiger partial charge in [0.15, 0.2) is 0 Å². The van der Waals surface area contributed by atoms with Crippen molar-refractivity contribution in [2.45, 2.75) is 59.5 Å². The Bertz CT molecular complexity index is 1430. The molecule has 1 amide bonds. The first kappa shape index (κ1) is 24.5. The number of hydrogen-bond acceptors (Lipinski definition) is 5. The van der Waals surface area contributed by atoms with Gasteiger partial charge < -0.3 is 19.0 Å². The van der Waals surface area contributed by atoms with Crippen LogP contribution in [0.15, 0.2) is 51.7 Å². The van der Waals surface area contributed by atoms with Crippen molar-refractivity contribution in [1.82, 2.24) is 14.9 Å². The third-order valence-corrected chi connectivity index (χ3v) is 6.37. The fourth-order valence-corrected chi connectivity index (χ4v) is 4.62. The van der Waals surface area contributed by atoms with Crippen LogP contribution in [0.2, 0.25) is 0 Å². The summed E-state index contributed by atoms with van der Waals surface area (Å²) in [5.41, 5.74) is 3.81. The van der Waals surface area contributed by atoms with E-state index < -0.39 is 5.63 Å². The molecule has 0 fully saturated rings. The number of hydrogen-bond donors (Lipinski definition) is 1. The summed E-state index contributed by atoms with van der Waals surface area (Å²) < 4.78 is 13.1. The number of ether oxygens (including phenoxy) is 1. The molecule has 2 aromatic carbocycles. The van der Waals surface area contributed by atoms with Crippen molar-refractivity contribution < 1.29 is 13.9 Å². The zero-order chi connectivity index (χ0) is 25.3. The Labute approximate surface area is 205 Å². The van der Waals surface area contributed by atoms with Crippen molar-refractivity contribution in [3.63, 3.8) is 0 Å². The number of nitrogens with one attached hydrogen (secondary N) is 1. The van der Waals surface area contributed by atoms with Gasteiger partial charge in [-0.25, -0.2) is 9.78 Å². The third kappa shape index (κ3) is 4.94. The molecular weight excluding hydrogens is 442 g/mol. The molecule has 4 aromatic rings. The van der Waals surface area contributed by atoms with Gasteiger partial charge >= 0.3 is 5.63 Å². The summed E-state index contributed by atoms with van der Waals surface area (Å²) in [5, 5.41) is 4.07. The summed E-state index contributed by atoms with van der Waals surface area (Å²) in [6.45, 7) is 10.3. The first-order chi connectivity index (χ1) is 16.7. The van der Waals surface area contributed by atoms with Crippen LogP contribution in [0.25, 0.3) is 22.0 Å². The zero-order valence-corrected chi connectivity index (χ0v) is 21.2. The van der Waals surface area contributed by atoms with E-state index in [1.165, 1.54) is 6.07 Å². The molecule has 0 saturated carbocycles. The average Bonchev–Trinajstić information content (AvgIpc) is 3.20. The summed E-state index contributed by atoms with van der Waals surface area (Å²) in [6.07, 6.45) is 0.789. The van der Waals surface area contributed by atoms with Crippen LogP contribution in [0.3, 0.4) is 0 Å². The number of carbonyl (C=O) groups is 1. The summed E-state index contributed by atoms with van der Waals surface area (Å²) in [6, 6.07) is 13.2. The lowest BCUT2D eigenvalue weighted by Crippen LogP contribution is -2.34. The highest BCUT2D eigenvalue weighted by Crippen LogP contribution is 2.30. The topological polar surface area (TPSA) is 86.4 Å². The molecule has 1 unspecified atom stereocenters. The maximum Gasteiger partial charge on any atom is 0.336 e. The van der Waals surface area contributed by atoms with Crippen molar-refractivity contribution in [2.24, 2.45) is 5.92 Å². The van der Waals surface area contributed by atoms with Gasteiger partial charge in [-0.1, -0.05) is 26.0 Å². The number of rotatable bonds is 8. The minimum Gasteiger partial charge on any atom is -0.496 e. The lowest BCUT2D eigenvalue weighted by atomic mass is 10.0. The van der Waals surface area contributed by atoms with Gasteiger partial charge in [-0.05, 0) is 62.4 Å². The molecule has 0 aliphatic heterocycles. The highest BCUT2D eigenvalue weighted by atomic mass is 16.5. The number of aryl methyl sites for hydroxylation is 2. The Morgan fingerprint density at radius 1 is 1.14 bits per heavy atom. The Morgan fingerprint density at radius 3 is 2.57 bits per heavy atom. The van der Waals surface area contributed by atoms with Gasteiger partial charge in [-0.15, -0.1) is 0 Å². The van der Waals surface area contributed by atoms with Crippen molar-refractivity contribution in [1.29, 1.82) is 0 Å². The Kier molecular flexibility index (Phi) is 6.96. The molecular formula is C28H33N3O4. The maximum absolute atomic E-state index is 13.1. The van der Waals surface area contributed by atoms with Crippen molar-refractivity contribution in [2.75, 3.05) is 7.11 Å². The SMILES string of the molecule is COc1cc2oc(=O)cc(C)c2cc1CCC(=O)NC(c1nc2ccccc2n1C(C)C)C(C)C. The number of imidazole rings is 1.